The second kappa shape index (κ2) is 23.7. The summed E-state index contributed by atoms with van der Waals surface area (Å²) < 4.78 is 9.18. The number of amides is 6. The molecule has 20 heteroatoms. The molecule has 16 nitrogen and oxygen atoms in total. The van der Waals surface area contributed by atoms with Gasteiger partial charge in [-0.2, -0.15) is 0 Å². The first-order chi connectivity index (χ1) is 19.5. The zero-order valence-corrected chi connectivity index (χ0v) is 27.3. The van der Waals surface area contributed by atoms with Crippen LogP contribution in [0.15, 0.2) is 0 Å². The van der Waals surface area contributed by atoms with E-state index in [9.17, 15) is 38.4 Å². The molecule has 0 aliphatic heterocycles. The zero-order chi connectivity index (χ0) is 32.8. The highest BCUT2D eigenvalue weighted by Crippen LogP contribution is 2.24. The van der Waals surface area contributed by atoms with Crippen LogP contribution >= 0.6 is 43.2 Å². The van der Waals surface area contributed by atoms with Gasteiger partial charge < -0.3 is 42.2 Å². The highest BCUT2D eigenvalue weighted by atomic mass is 33.1. The predicted octanol–water partition coefficient (Wildman–Crippen LogP) is -1.93. The van der Waals surface area contributed by atoms with Crippen LogP contribution in [-0.4, -0.2) is 109 Å². The normalized spacial score (nSPS) is 12.9. The highest BCUT2D eigenvalue weighted by Gasteiger charge is 2.23. The van der Waals surface area contributed by atoms with E-state index < -0.39 is 47.9 Å². The lowest BCUT2D eigenvalue weighted by molar-refractivity contribution is -0.144. The molecule has 0 rings (SSSR count). The molecule has 6 amide bonds. The monoisotopic (exact) mass is 674 g/mol. The van der Waals surface area contributed by atoms with E-state index in [-0.39, 0.29) is 46.6 Å². The van der Waals surface area contributed by atoms with E-state index in [1.807, 2.05) is 0 Å². The third kappa shape index (κ3) is 21.8. The van der Waals surface area contributed by atoms with Crippen LogP contribution < -0.4 is 32.7 Å². The molecule has 0 aromatic heterocycles. The number of hydrogen-bond donors (Lipinski definition) is 6. The smallest absolute Gasteiger partial charge is 0.329 e. The zero-order valence-electron chi connectivity index (χ0n) is 24.0. The van der Waals surface area contributed by atoms with Crippen molar-refractivity contribution in [3.05, 3.63) is 0 Å². The molecule has 0 aliphatic rings. The molecule has 4 atom stereocenters. The van der Waals surface area contributed by atoms with E-state index in [0.717, 1.165) is 0 Å². The van der Waals surface area contributed by atoms with Crippen molar-refractivity contribution in [1.82, 2.24) is 21.3 Å². The Morgan fingerprint density at radius 2 is 0.714 bits per heavy atom. The van der Waals surface area contributed by atoms with E-state index in [1.54, 1.807) is 0 Å². The van der Waals surface area contributed by atoms with Crippen molar-refractivity contribution >= 4 is 90.6 Å². The lowest BCUT2D eigenvalue weighted by Gasteiger charge is -2.16. The summed E-state index contributed by atoms with van der Waals surface area (Å²) in [6.45, 7) is 5.18. The van der Waals surface area contributed by atoms with E-state index in [2.05, 4.69) is 30.7 Å². The van der Waals surface area contributed by atoms with Crippen LogP contribution in [0.25, 0.3) is 0 Å². The van der Waals surface area contributed by atoms with Crippen LogP contribution in [0.5, 0.6) is 0 Å². The molecule has 0 aromatic rings. The van der Waals surface area contributed by atoms with Gasteiger partial charge in [-0.1, -0.05) is 43.2 Å². The Hall–Kier alpha value is -2.84. The lowest BCUT2D eigenvalue weighted by Crippen LogP contribution is -2.46. The van der Waals surface area contributed by atoms with Gasteiger partial charge in [0, 0.05) is 50.7 Å². The first-order valence-electron chi connectivity index (χ1n) is 11.9. The number of carbonyl (C=O) groups excluding carboxylic acids is 8. The van der Waals surface area contributed by atoms with Gasteiger partial charge in [-0.05, 0) is 0 Å². The molecule has 0 fully saturated rings. The van der Waals surface area contributed by atoms with Crippen molar-refractivity contribution in [2.24, 2.45) is 11.5 Å². The maximum absolute atomic E-state index is 11.5. The molecule has 8 N–H and O–H groups in total. The van der Waals surface area contributed by atoms with Crippen LogP contribution in [0.4, 0.5) is 0 Å². The van der Waals surface area contributed by atoms with Crippen LogP contribution in [-0.2, 0) is 47.8 Å². The Balaban J connectivity index is 0. The molecule has 240 valence electrons. The number of rotatable bonds is 18. The average Bonchev–Trinajstić information content (AvgIpc) is 2.88. The van der Waals surface area contributed by atoms with Gasteiger partial charge in [-0.15, -0.1) is 0 Å². The van der Waals surface area contributed by atoms with Gasteiger partial charge in [0.2, 0.25) is 35.4 Å². The molecule has 0 aliphatic carbocycles. The fourth-order valence-corrected chi connectivity index (χ4v) is 7.11. The maximum Gasteiger partial charge on any atom is 0.329 e. The summed E-state index contributed by atoms with van der Waals surface area (Å²) in [6, 6.07) is -3.09. The highest BCUT2D eigenvalue weighted by molar-refractivity contribution is 8.77. The molecule has 0 saturated carbocycles. The molecule has 0 bridgehead atoms. The van der Waals surface area contributed by atoms with Crippen molar-refractivity contribution in [3.8, 4) is 0 Å². The predicted molar refractivity (Wildman–Crippen MR) is 163 cm³/mol. The van der Waals surface area contributed by atoms with Gasteiger partial charge in [0.15, 0.2) is 0 Å². The number of carbonyl (C=O) groups is 8. The molecule has 0 unspecified atom stereocenters. The van der Waals surface area contributed by atoms with Crippen LogP contribution in [0.1, 0.15) is 27.7 Å². The second-order valence-electron chi connectivity index (χ2n) is 8.00. The summed E-state index contributed by atoms with van der Waals surface area (Å²) >= 11 is 0. The van der Waals surface area contributed by atoms with Crippen molar-refractivity contribution in [3.63, 3.8) is 0 Å². The first kappa shape index (κ1) is 41.3. The fraction of sp³-hybridized carbons (Fsp3) is 0.636. The molecule has 42 heavy (non-hydrogen) atoms. The Kier molecular flexibility index (Phi) is 23.3. The molecule has 0 aromatic carbocycles. The molecular formula is C22H38N6O10S4. The van der Waals surface area contributed by atoms with Crippen molar-refractivity contribution < 1.29 is 47.8 Å². The van der Waals surface area contributed by atoms with Crippen LogP contribution in [0.2, 0.25) is 0 Å². The Morgan fingerprint density at radius 1 is 0.500 bits per heavy atom. The van der Waals surface area contributed by atoms with Gasteiger partial charge in [0.05, 0.1) is 14.2 Å². The van der Waals surface area contributed by atoms with E-state index in [0.29, 0.717) is 0 Å². The number of methoxy groups -OCH3 is 2. The topological polar surface area (TPSA) is 255 Å². The molecular weight excluding hydrogens is 637 g/mol. The summed E-state index contributed by atoms with van der Waals surface area (Å²) in [7, 11) is 7.51. The Bertz CT molecular complexity index is 885. The quantitative estimate of drug-likeness (QED) is 0.0526. The molecule has 0 spiro atoms. The molecule has 0 radical (unpaired) electrons. The van der Waals surface area contributed by atoms with E-state index in [1.165, 1.54) is 85.1 Å². The number of esters is 2. The largest absolute Gasteiger partial charge is 0.467 e. The SMILES string of the molecule is CC(=O)N[C@@H](CSSC[C@H](NC(C)=O)C(N)=O)C(N)=O.COC(=O)[C@H](CSSC[C@H](NC(C)=O)C(=O)OC)NC(C)=O. The van der Waals surface area contributed by atoms with Gasteiger partial charge in [0.1, 0.15) is 24.2 Å². The summed E-state index contributed by atoms with van der Waals surface area (Å²) in [5.74, 6) is -2.71. The minimum atomic E-state index is -0.780. The maximum atomic E-state index is 11.5. The van der Waals surface area contributed by atoms with Gasteiger partial charge >= 0.3 is 11.9 Å². The van der Waals surface area contributed by atoms with Gasteiger partial charge in [-0.25, -0.2) is 9.59 Å². The number of hydrogen-bond acceptors (Lipinski definition) is 14. The number of ether oxygens (including phenoxy) is 2. The molecule has 0 heterocycles. The van der Waals surface area contributed by atoms with Crippen LogP contribution in [0, 0.1) is 0 Å². The van der Waals surface area contributed by atoms with Crippen molar-refractivity contribution in [1.29, 1.82) is 0 Å². The average molecular weight is 675 g/mol. The van der Waals surface area contributed by atoms with E-state index >= 15 is 0 Å². The minimum Gasteiger partial charge on any atom is -0.467 e. The number of nitrogens with two attached hydrogens (primary N) is 2. The van der Waals surface area contributed by atoms with Crippen LogP contribution in [0.3, 0.4) is 0 Å². The minimum absolute atomic E-state index is 0.255. The Labute approximate surface area is 259 Å². The molecule has 0 saturated heterocycles. The number of primary amides is 2. The Morgan fingerprint density at radius 3 is 0.905 bits per heavy atom. The number of nitrogens with one attached hydrogen (secondary N) is 4. The van der Waals surface area contributed by atoms with Gasteiger partial charge in [0.25, 0.3) is 0 Å². The summed E-state index contributed by atoms with van der Waals surface area (Å²) in [5, 5.41) is 9.78. The summed E-state index contributed by atoms with van der Waals surface area (Å²) in [4.78, 5) is 88.9. The van der Waals surface area contributed by atoms with Crippen molar-refractivity contribution in [2.75, 3.05) is 37.2 Å². The van der Waals surface area contributed by atoms with Gasteiger partial charge in [-0.3, -0.25) is 28.8 Å². The van der Waals surface area contributed by atoms with E-state index in [4.69, 9.17) is 11.5 Å². The standard InChI is InChI=1S/C12H20N2O6S2.C10H18N4O4S2/c1-7(15)13-9(11(17)19-3)5-21-22-6-10(12(18)20-4)14-8(2)16;1-5(15)13-7(9(11)17)3-19-20-4-8(10(12)18)14-6(2)16/h9-10H,5-6H2,1-4H3,(H,13,15)(H,14,16);7-8H,3-4H2,1-2H3,(H2,11,17)(H2,12,18)(H,13,15)(H,14,16)/t9-,10-;7-,8-/m00/s1. The third-order valence-electron chi connectivity index (χ3n) is 4.27. The third-order valence-corrected chi connectivity index (χ3v) is 9.12. The summed E-state index contributed by atoms with van der Waals surface area (Å²) in [5.41, 5.74) is 10.3. The fourth-order valence-electron chi connectivity index (χ4n) is 2.46. The van der Waals surface area contributed by atoms with Crippen molar-refractivity contribution in [2.45, 2.75) is 51.9 Å². The lowest BCUT2D eigenvalue weighted by atomic mass is 10.3. The summed E-state index contributed by atoms with van der Waals surface area (Å²) in [6.07, 6.45) is 0. The first-order valence-corrected chi connectivity index (χ1v) is 16.8. The second-order valence-corrected chi connectivity index (χ2v) is 13.1.